The van der Waals surface area contributed by atoms with Crippen molar-refractivity contribution >= 4 is 22.6 Å². The van der Waals surface area contributed by atoms with E-state index in [-0.39, 0.29) is 23.0 Å². The van der Waals surface area contributed by atoms with Crippen LogP contribution < -0.4 is 10.9 Å². The van der Waals surface area contributed by atoms with Gasteiger partial charge in [0.2, 0.25) is 0 Å². The summed E-state index contributed by atoms with van der Waals surface area (Å²) >= 11 is 0. The number of rotatable bonds is 3. The van der Waals surface area contributed by atoms with E-state index < -0.39 is 5.82 Å². The predicted molar refractivity (Wildman–Crippen MR) is 111 cm³/mol. The van der Waals surface area contributed by atoms with Gasteiger partial charge in [-0.05, 0) is 55.2 Å². The molecular weight excluding hydrogens is 371 g/mol. The van der Waals surface area contributed by atoms with Crippen LogP contribution in [0, 0.1) is 5.82 Å². The maximum atomic E-state index is 13.5. The van der Waals surface area contributed by atoms with Crippen LogP contribution >= 0.6 is 0 Å². The van der Waals surface area contributed by atoms with Crippen molar-refractivity contribution in [2.75, 3.05) is 18.4 Å². The van der Waals surface area contributed by atoms with Gasteiger partial charge in [0.1, 0.15) is 5.82 Å². The van der Waals surface area contributed by atoms with Gasteiger partial charge in [0, 0.05) is 24.8 Å². The molecule has 150 valence electrons. The number of nitrogens with zero attached hydrogens (tertiary/aromatic N) is 3. The van der Waals surface area contributed by atoms with E-state index in [0.717, 1.165) is 12.1 Å². The Labute approximate surface area is 168 Å². The lowest BCUT2D eigenvalue weighted by Gasteiger charge is -2.32. The number of piperidine rings is 1. The highest BCUT2D eigenvalue weighted by molar-refractivity contribution is 5.89. The fourth-order valence-electron chi connectivity index (χ4n) is 3.74. The average Bonchev–Trinajstić information content (AvgIpc) is 2.75. The van der Waals surface area contributed by atoms with Gasteiger partial charge in [-0.25, -0.2) is 14.2 Å². The number of anilines is 1. The summed E-state index contributed by atoms with van der Waals surface area (Å²) in [4.78, 5) is 31.3. The first-order valence-corrected chi connectivity index (χ1v) is 9.86. The highest BCUT2D eigenvalue weighted by Crippen LogP contribution is 2.22. The molecule has 3 aromatic rings. The van der Waals surface area contributed by atoms with Crippen LogP contribution in [0.25, 0.3) is 10.9 Å². The molecule has 1 aromatic heterocycles. The van der Waals surface area contributed by atoms with Gasteiger partial charge in [0.05, 0.1) is 17.2 Å². The Morgan fingerprint density at radius 2 is 1.90 bits per heavy atom. The number of benzene rings is 2. The maximum absolute atomic E-state index is 13.5. The molecule has 2 heterocycles. The van der Waals surface area contributed by atoms with Crippen molar-refractivity contribution in [1.82, 2.24) is 14.5 Å². The van der Waals surface area contributed by atoms with Crippen molar-refractivity contribution in [2.45, 2.75) is 32.2 Å². The molecule has 1 fully saturated rings. The lowest BCUT2D eigenvalue weighted by Crippen LogP contribution is -2.42. The van der Waals surface area contributed by atoms with E-state index in [1.165, 1.54) is 30.1 Å². The number of fused-ring (bicyclic) bond motifs is 1. The van der Waals surface area contributed by atoms with Crippen molar-refractivity contribution in [3.63, 3.8) is 0 Å². The van der Waals surface area contributed by atoms with Gasteiger partial charge in [-0.2, -0.15) is 0 Å². The summed E-state index contributed by atoms with van der Waals surface area (Å²) in [6.45, 7) is 3.17. The first-order valence-electron chi connectivity index (χ1n) is 9.86. The van der Waals surface area contributed by atoms with Crippen molar-refractivity contribution in [2.24, 2.45) is 0 Å². The Bertz CT molecular complexity index is 1090. The average molecular weight is 394 g/mol. The molecule has 1 N–H and O–H groups in total. The Morgan fingerprint density at radius 3 is 2.59 bits per heavy atom. The molecule has 0 bridgehead atoms. The highest BCUT2D eigenvalue weighted by atomic mass is 19.1. The molecule has 0 unspecified atom stereocenters. The summed E-state index contributed by atoms with van der Waals surface area (Å²) in [5.41, 5.74) is 2.23. The Morgan fingerprint density at radius 1 is 1.17 bits per heavy atom. The normalized spacial score (nSPS) is 14.9. The second-order valence-corrected chi connectivity index (χ2v) is 7.32. The van der Waals surface area contributed by atoms with E-state index in [2.05, 4.69) is 17.2 Å². The number of hydrogen-bond acceptors (Lipinski definition) is 3. The minimum Gasteiger partial charge on any atom is -0.324 e. The molecule has 0 saturated carbocycles. The zero-order valence-corrected chi connectivity index (χ0v) is 16.3. The molecular formula is C22H23FN4O2. The molecule has 1 saturated heterocycles. The molecule has 6 nitrogen and oxygen atoms in total. The molecule has 0 radical (unpaired) electrons. The van der Waals surface area contributed by atoms with Crippen molar-refractivity contribution < 1.29 is 9.18 Å². The summed E-state index contributed by atoms with van der Waals surface area (Å²) in [6.07, 6.45) is 3.77. The summed E-state index contributed by atoms with van der Waals surface area (Å²) in [5.74, 6) is -0.451. The Balaban J connectivity index is 1.42. The lowest BCUT2D eigenvalue weighted by molar-refractivity contribution is 0.182. The number of hydrogen-bond donors (Lipinski definition) is 1. The van der Waals surface area contributed by atoms with Crippen molar-refractivity contribution in [3.05, 3.63) is 70.5 Å². The lowest BCUT2D eigenvalue weighted by atomic mass is 10.0. The third-order valence-corrected chi connectivity index (χ3v) is 5.50. The first-order chi connectivity index (χ1) is 14.0. The minimum atomic E-state index is -0.451. The molecule has 2 amide bonds. The van der Waals surface area contributed by atoms with E-state index >= 15 is 0 Å². The van der Waals surface area contributed by atoms with E-state index in [4.69, 9.17) is 0 Å². The summed E-state index contributed by atoms with van der Waals surface area (Å²) in [7, 11) is 0. The molecule has 1 aliphatic heterocycles. The van der Waals surface area contributed by atoms with Crippen LogP contribution in [-0.2, 0) is 6.42 Å². The topological polar surface area (TPSA) is 67.2 Å². The summed E-state index contributed by atoms with van der Waals surface area (Å²) < 4.78 is 15.1. The van der Waals surface area contributed by atoms with Crippen LogP contribution in [0.4, 0.5) is 14.9 Å². The molecule has 7 heteroatoms. The van der Waals surface area contributed by atoms with E-state index in [9.17, 15) is 14.0 Å². The molecule has 0 atom stereocenters. The third kappa shape index (κ3) is 3.99. The van der Waals surface area contributed by atoms with Crippen LogP contribution in [0.5, 0.6) is 0 Å². The number of halogens is 1. The Kier molecular flexibility index (Phi) is 5.29. The van der Waals surface area contributed by atoms with Gasteiger partial charge >= 0.3 is 6.03 Å². The SMILES string of the molecule is CCc1ccc(NC(=O)N2CCC(n3cnc4ccc(F)cc4c3=O)CC2)cc1. The number of nitrogens with one attached hydrogen (secondary N) is 1. The van der Waals surface area contributed by atoms with Crippen LogP contribution in [0.15, 0.2) is 53.6 Å². The fourth-order valence-corrected chi connectivity index (χ4v) is 3.74. The second kappa shape index (κ2) is 8.03. The minimum absolute atomic E-state index is 0.0597. The smallest absolute Gasteiger partial charge is 0.321 e. The van der Waals surface area contributed by atoms with Crippen LogP contribution in [0.1, 0.15) is 31.4 Å². The number of urea groups is 1. The number of aryl methyl sites for hydroxylation is 1. The molecule has 4 rings (SSSR count). The van der Waals surface area contributed by atoms with Gasteiger partial charge in [-0.3, -0.25) is 9.36 Å². The van der Waals surface area contributed by atoms with Crippen LogP contribution in [0.2, 0.25) is 0 Å². The van der Waals surface area contributed by atoms with E-state index in [1.54, 1.807) is 9.47 Å². The van der Waals surface area contributed by atoms with Crippen molar-refractivity contribution in [3.8, 4) is 0 Å². The molecule has 0 spiro atoms. The maximum Gasteiger partial charge on any atom is 0.321 e. The van der Waals surface area contributed by atoms with Gasteiger partial charge in [0.25, 0.3) is 5.56 Å². The number of likely N-dealkylation sites (tertiary alicyclic amines) is 1. The summed E-state index contributed by atoms with van der Waals surface area (Å²) in [5, 5.41) is 3.20. The third-order valence-electron chi connectivity index (χ3n) is 5.50. The number of carbonyl (C=O) groups is 1. The number of aromatic nitrogens is 2. The zero-order chi connectivity index (χ0) is 20.4. The summed E-state index contributed by atoms with van der Waals surface area (Å²) in [6, 6.07) is 11.7. The van der Waals surface area contributed by atoms with Gasteiger partial charge in [-0.15, -0.1) is 0 Å². The van der Waals surface area contributed by atoms with Gasteiger partial charge < -0.3 is 10.2 Å². The van der Waals surface area contributed by atoms with Gasteiger partial charge in [-0.1, -0.05) is 19.1 Å². The van der Waals surface area contributed by atoms with Gasteiger partial charge in [0.15, 0.2) is 0 Å². The highest BCUT2D eigenvalue weighted by Gasteiger charge is 2.25. The number of amides is 2. The Hall–Kier alpha value is -3.22. The zero-order valence-electron chi connectivity index (χ0n) is 16.3. The predicted octanol–water partition coefficient (Wildman–Crippen LogP) is 3.97. The van der Waals surface area contributed by atoms with Crippen LogP contribution in [0.3, 0.4) is 0 Å². The van der Waals surface area contributed by atoms with Crippen molar-refractivity contribution in [1.29, 1.82) is 0 Å². The standard InChI is InChI=1S/C22H23FN4O2/c1-2-15-3-6-17(7-4-15)25-22(29)26-11-9-18(10-12-26)27-14-24-20-8-5-16(23)13-19(20)21(27)28/h3-8,13-14,18H,2,9-12H2,1H3,(H,25,29). The molecule has 1 aliphatic rings. The molecule has 29 heavy (non-hydrogen) atoms. The monoisotopic (exact) mass is 394 g/mol. The molecule has 2 aromatic carbocycles. The van der Waals surface area contributed by atoms with Crippen LogP contribution in [-0.4, -0.2) is 33.6 Å². The van der Waals surface area contributed by atoms with E-state index in [0.29, 0.717) is 31.4 Å². The quantitative estimate of drug-likeness (QED) is 0.731. The molecule has 0 aliphatic carbocycles. The number of carbonyl (C=O) groups excluding carboxylic acids is 1. The van der Waals surface area contributed by atoms with E-state index in [1.807, 2.05) is 24.3 Å². The fraction of sp³-hybridized carbons (Fsp3) is 0.318. The largest absolute Gasteiger partial charge is 0.324 e. The first kappa shape index (κ1) is 19.1. The second-order valence-electron chi connectivity index (χ2n) is 7.32.